The zero-order valence-corrected chi connectivity index (χ0v) is 11.1. The van der Waals surface area contributed by atoms with E-state index in [-0.39, 0.29) is 0 Å². The Morgan fingerprint density at radius 1 is 1.18 bits per heavy atom. The first-order chi connectivity index (χ1) is 8.24. The van der Waals surface area contributed by atoms with E-state index in [2.05, 4.69) is 30.5 Å². The van der Waals surface area contributed by atoms with Gasteiger partial charge in [-0.05, 0) is 13.0 Å². The van der Waals surface area contributed by atoms with Gasteiger partial charge in [-0.25, -0.2) is 0 Å². The van der Waals surface area contributed by atoms with Crippen LogP contribution in [-0.4, -0.2) is 25.7 Å². The lowest BCUT2D eigenvalue weighted by Crippen LogP contribution is -2.31. The van der Waals surface area contributed by atoms with Gasteiger partial charge in [0.25, 0.3) is 0 Å². The first-order valence-corrected chi connectivity index (χ1v) is 6.38. The summed E-state index contributed by atoms with van der Waals surface area (Å²) in [5.41, 5.74) is 1.22. The minimum atomic E-state index is 0.549. The van der Waals surface area contributed by atoms with E-state index >= 15 is 0 Å². The van der Waals surface area contributed by atoms with Crippen LogP contribution in [0, 0.1) is 0 Å². The third kappa shape index (κ3) is 5.71. The molecule has 0 aliphatic heterocycles. The number of rotatable bonds is 8. The molecule has 3 nitrogen and oxygen atoms in total. The van der Waals surface area contributed by atoms with Crippen LogP contribution < -0.4 is 15.4 Å². The molecule has 17 heavy (non-hydrogen) atoms. The molecule has 0 aromatic heterocycles. The van der Waals surface area contributed by atoms with Gasteiger partial charge in [-0.15, -0.1) is 0 Å². The second kappa shape index (κ2) is 8.09. The van der Waals surface area contributed by atoms with Crippen LogP contribution in [-0.2, 0) is 6.54 Å². The highest BCUT2D eigenvalue weighted by molar-refractivity contribution is 5.33. The molecular weight excluding hydrogens is 212 g/mol. The van der Waals surface area contributed by atoms with Crippen molar-refractivity contribution in [1.29, 1.82) is 0 Å². The summed E-state index contributed by atoms with van der Waals surface area (Å²) in [6, 6.07) is 8.73. The Morgan fingerprint density at radius 3 is 2.65 bits per heavy atom. The monoisotopic (exact) mass is 236 g/mol. The van der Waals surface area contributed by atoms with Crippen LogP contribution in [0.1, 0.15) is 26.3 Å². The highest BCUT2D eigenvalue weighted by Gasteiger charge is 2.01. The second-order valence-corrected chi connectivity index (χ2v) is 4.33. The van der Waals surface area contributed by atoms with Crippen LogP contribution in [0.15, 0.2) is 24.3 Å². The first-order valence-electron chi connectivity index (χ1n) is 6.38. The van der Waals surface area contributed by atoms with E-state index in [1.54, 1.807) is 0 Å². The van der Waals surface area contributed by atoms with Gasteiger partial charge < -0.3 is 15.4 Å². The molecule has 0 unspecified atom stereocenters. The Balaban J connectivity index is 2.30. The van der Waals surface area contributed by atoms with Crippen LogP contribution >= 0.6 is 0 Å². The molecule has 0 aliphatic carbocycles. The summed E-state index contributed by atoms with van der Waals surface area (Å²) in [4.78, 5) is 0. The summed E-state index contributed by atoms with van der Waals surface area (Å²) in [6.45, 7) is 9.86. The summed E-state index contributed by atoms with van der Waals surface area (Å²) in [6.07, 6.45) is 0. The quantitative estimate of drug-likeness (QED) is 0.679. The van der Waals surface area contributed by atoms with Crippen molar-refractivity contribution in [2.24, 2.45) is 0 Å². The molecule has 0 atom stereocenters. The summed E-state index contributed by atoms with van der Waals surface area (Å²) in [5, 5.41) is 6.79. The molecule has 1 rings (SSSR count). The molecule has 0 saturated carbocycles. The molecule has 2 N–H and O–H groups in total. The van der Waals surface area contributed by atoms with Crippen molar-refractivity contribution in [2.75, 3.05) is 19.7 Å². The fraction of sp³-hybridized carbons (Fsp3) is 0.571. The molecule has 0 spiro atoms. The molecule has 0 saturated heterocycles. The molecule has 0 fully saturated rings. The Labute approximate surface area is 105 Å². The van der Waals surface area contributed by atoms with Crippen LogP contribution in [0.25, 0.3) is 0 Å². The SMILES string of the molecule is CCOc1ccccc1CNCCNC(C)C. The van der Waals surface area contributed by atoms with Crippen molar-refractivity contribution < 1.29 is 4.74 Å². The third-order valence-electron chi connectivity index (χ3n) is 2.44. The number of hydrogen-bond acceptors (Lipinski definition) is 3. The summed E-state index contributed by atoms with van der Waals surface area (Å²) in [5.74, 6) is 0.985. The topological polar surface area (TPSA) is 33.3 Å². The summed E-state index contributed by atoms with van der Waals surface area (Å²) in [7, 11) is 0. The van der Waals surface area contributed by atoms with Gasteiger partial charge in [0.1, 0.15) is 5.75 Å². The first kappa shape index (κ1) is 14.0. The van der Waals surface area contributed by atoms with Gasteiger partial charge in [0.05, 0.1) is 6.61 Å². The average molecular weight is 236 g/mol. The number of para-hydroxylation sites is 1. The Hall–Kier alpha value is -1.06. The smallest absolute Gasteiger partial charge is 0.123 e. The summed E-state index contributed by atoms with van der Waals surface area (Å²) >= 11 is 0. The number of hydrogen-bond donors (Lipinski definition) is 2. The van der Waals surface area contributed by atoms with E-state index in [0.29, 0.717) is 12.6 Å². The largest absolute Gasteiger partial charge is 0.494 e. The lowest BCUT2D eigenvalue weighted by atomic mass is 10.2. The maximum Gasteiger partial charge on any atom is 0.123 e. The molecule has 0 bridgehead atoms. The minimum Gasteiger partial charge on any atom is -0.494 e. The van der Waals surface area contributed by atoms with E-state index in [1.807, 2.05) is 25.1 Å². The highest BCUT2D eigenvalue weighted by Crippen LogP contribution is 2.17. The van der Waals surface area contributed by atoms with Crippen molar-refractivity contribution in [3.05, 3.63) is 29.8 Å². The molecule has 1 aromatic rings. The van der Waals surface area contributed by atoms with Crippen LogP contribution in [0.4, 0.5) is 0 Å². The van der Waals surface area contributed by atoms with E-state index in [1.165, 1.54) is 5.56 Å². The molecule has 0 amide bonds. The number of ether oxygens (including phenoxy) is 1. The molecule has 1 aromatic carbocycles. The third-order valence-corrected chi connectivity index (χ3v) is 2.44. The lowest BCUT2D eigenvalue weighted by Gasteiger charge is -2.12. The normalized spacial score (nSPS) is 10.8. The van der Waals surface area contributed by atoms with Crippen molar-refractivity contribution in [1.82, 2.24) is 10.6 Å². The van der Waals surface area contributed by atoms with E-state index in [0.717, 1.165) is 25.4 Å². The predicted molar refractivity (Wildman–Crippen MR) is 72.5 cm³/mol. The average Bonchev–Trinajstić information content (AvgIpc) is 2.31. The zero-order chi connectivity index (χ0) is 12.5. The lowest BCUT2D eigenvalue weighted by molar-refractivity contribution is 0.335. The number of benzene rings is 1. The van der Waals surface area contributed by atoms with Crippen LogP contribution in [0.2, 0.25) is 0 Å². The van der Waals surface area contributed by atoms with Gasteiger partial charge >= 0.3 is 0 Å². The van der Waals surface area contributed by atoms with Gasteiger partial charge in [-0.1, -0.05) is 32.0 Å². The van der Waals surface area contributed by atoms with Crippen molar-refractivity contribution in [2.45, 2.75) is 33.4 Å². The number of nitrogens with one attached hydrogen (secondary N) is 2. The van der Waals surface area contributed by atoms with E-state index < -0.39 is 0 Å². The van der Waals surface area contributed by atoms with Gasteiger partial charge in [-0.3, -0.25) is 0 Å². The zero-order valence-electron chi connectivity index (χ0n) is 11.1. The molecular formula is C14H24N2O. The minimum absolute atomic E-state index is 0.549. The second-order valence-electron chi connectivity index (χ2n) is 4.33. The van der Waals surface area contributed by atoms with Gasteiger partial charge in [0.2, 0.25) is 0 Å². The Morgan fingerprint density at radius 2 is 1.94 bits per heavy atom. The molecule has 96 valence electrons. The summed E-state index contributed by atoms with van der Waals surface area (Å²) < 4.78 is 5.58. The maximum absolute atomic E-state index is 5.58. The molecule has 0 radical (unpaired) electrons. The van der Waals surface area contributed by atoms with E-state index in [9.17, 15) is 0 Å². The fourth-order valence-electron chi connectivity index (χ4n) is 1.62. The fourth-order valence-corrected chi connectivity index (χ4v) is 1.62. The van der Waals surface area contributed by atoms with Crippen LogP contribution in [0.3, 0.4) is 0 Å². The Bertz CT molecular complexity index is 313. The Kier molecular flexibility index (Phi) is 6.67. The van der Waals surface area contributed by atoms with Crippen molar-refractivity contribution >= 4 is 0 Å². The van der Waals surface area contributed by atoms with E-state index in [4.69, 9.17) is 4.74 Å². The van der Waals surface area contributed by atoms with Crippen LogP contribution in [0.5, 0.6) is 5.75 Å². The standard InChI is InChI=1S/C14H24N2O/c1-4-17-14-8-6-5-7-13(14)11-15-9-10-16-12(2)3/h5-8,12,15-16H,4,9-11H2,1-3H3. The maximum atomic E-state index is 5.58. The van der Waals surface area contributed by atoms with Gasteiger partial charge in [-0.2, -0.15) is 0 Å². The molecule has 0 aliphatic rings. The molecule has 0 heterocycles. The van der Waals surface area contributed by atoms with Gasteiger partial charge in [0.15, 0.2) is 0 Å². The highest BCUT2D eigenvalue weighted by atomic mass is 16.5. The van der Waals surface area contributed by atoms with Crippen molar-refractivity contribution in [3.8, 4) is 5.75 Å². The van der Waals surface area contributed by atoms with Gasteiger partial charge in [0, 0.05) is 31.2 Å². The van der Waals surface area contributed by atoms with Crippen molar-refractivity contribution in [3.63, 3.8) is 0 Å². The predicted octanol–water partition coefficient (Wildman–Crippen LogP) is 2.17. The molecule has 3 heteroatoms.